The molecule has 0 aliphatic carbocycles. The first kappa shape index (κ1) is 99.1. The van der Waals surface area contributed by atoms with Crippen LogP contribution < -0.4 is 49.0 Å². The minimum atomic E-state index is 0. The number of hydrogen-bond donors (Lipinski definition) is 0. The summed E-state index contributed by atoms with van der Waals surface area (Å²) in [5.41, 5.74) is 25.4. The Morgan fingerprint density at radius 3 is 0.801 bits per heavy atom. The Bertz CT molecular complexity index is 7920. The molecule has 5 aliphatic heterocycles. The summed E-state index contributed by atoms with van der Waals surface area (Å²) < 4.78 is 31.3. The van der Waals surface area contributed by atoms with Crippen LogP contribution in [-0.4, -0.2) is 104 Å². The van der Waals surface area contributed by atoms with Gasteiger partial charge in [0.15, 0.2) is 62.8 Å². The second kappa shape index (κ2) is 39.7. The number of fused-ring (bicyclic) bond motifs is 20. The second-order valence-electron chi connectivity index (χ2n) is 37.3. The highest BCUT2D eigenvalue weighted by Gasteiger charge is 2.45. The van der Waals surface area contributed by atoms with Crippen molar-refractivity contribution in [3.05, 3.63) is 327 Å². The maximum Gasteiger partial charge on any atom is 0.227 e. The minimum Gasteiger partial charge on any atom is -0.435 e. The molecule has 146 heavy (non-hydrogen) atoms. The van der Waals surface area contributed by atoms with Gasteiger partial charge < -0.3 is 61.3 Å². The molecule has 0 radical (unpaired) electrons. The third kappa shape index (κ3) is 16.1. The zero-order valence-electron chi connectivity index (χ0n) is 81.3. The number of furan rings is 5. The zero-order valence-corrected chi connectivity index (χ0v) is 81.3. The lowest BCUT2D eigenvalue weighted by molar-refractivity contribution is 0.597. The fraction of sp³-hybridized carbons (Fsp3) is 0.242. The average Bonchev–Trinajstić information content (AvgIpc) is 1.53. The van der Waals surface area contributed by atoms with E-state index in [4.69, 9.17) is 37.0 Å². The van der Waals surface area contributed by atoms with Crippen LogP contribution in [0.2, 0.25) is 0 Å². The molecule has 0 N–H and O–H groups in total. The van der Waals surface area contributed by atoms with E-state index in [1.165, 1.54) is 5.56 Å². The summed E-state index contributed by atoms with van der Waals surface area (Å²) in [4.78, 5) is 73.4. The zero-order chi connectivity index (χ0) is 96.6. The number of para-hydroxylation sites is 2. The quantitative estimate of drug-likeness (QED) is 0.124. The highest BCUT2D eigenvalue weighted by atomic mass is 16.4. The van der Waals surface area contributed by atoms with Crippen molar-refractivity contribution in [1.82, 2.24) is 54.8 Å². The van der Waals surface area contributed by atoms with E-state index in [2.05, 4.69) is 363 Å². The molecule has 0 bridgehead atoms. The SMILES string of the molecule is C.C.C.C.C.Cc1ccc2c(oc3ncccc32)c1N1c2cccnc2N(C(C)C)C1C.Cc1ccc2c(oc3ncccc32)c1N1c2cccnc2N(c2ccccc2)C1C.Cc1ccc2c(oc3ncccc32)c1N1c2ncccc2N(C(C)C)C1C.Cc1ccc2c(oc3ncccc32)c1N1c2ncccc2N(c2ccccc2)C1C.Cc1ccc2c(oc3ncccc32)c1N1c2nccnc2N(C(C)C)C1C. The second-order valence-corrected chi connectivity index (χ2v) is 37.3. The largest absolute Gasteiger partial charge is 0.435 e. The number of pyridine rings is 9. The number of nitrogens with zero attached hydrogens (tertiary/aromatic N) is 21. The molecule has 5 unspecified atom stereocenters. The normalized spacial score (nSPS) is 15.8. The first-order valence-electron chi connectivity index (χ1n) is 48.2. The summed E-state index contributed by atoms with van der Waals surface area (Å²) in [7, 11) is 0. The van der Waals surface area contributed by atoms with Crippen LogP contribution in [0.5, 0.6) is 0 Å². The highest BCUT2D eigenvalue weighted by molar-refractivity contribution is 6.15. The van der Waals surface area contributed by atoms with Crippen LogP contribution in [0.15, 0.2) is 321 Å². The van der Waals surface area contributed by atoms with E-state index in [0.29, 0.717) is 46.7 Å². The van der Waals surface area contributed by atoms with Crippen molar-refractivity contribution in [2.75, 3.05) is 49.0 Å². The van der Waals surface area contributed by atoms with Crippen molar-refractivity contribution in [3.63, 3.8) is 0 Å². The van der Waals surface area contributed by atoms with Crippen LogP contribution in [-0.2, 0) is 0 Å². The summed E-state index contributed by atoms with van der Waals surface area (Å²) in [6, 6.07) is 79.8. The first-order valence-corrected chi connectivity index (χ1v) is 48.2. The van der Waals surface area contributed by atoms with E-state index in [0.717, 1.165) is 201 Å². The van der Waals surface area contributed by atoms with Gasteiger partial charge in [-0.05, 0) is 272 Å². The van der Waals surface area contributed by atoms with Gasteiger partial charge in [0.05, 0.1) is 51.2 Å². The van der Waals surface area contributed by atoms with Crippen molar-refractivity contribution in [3.8, 4) is 0 Å². The molecular weight excluding hydrogens is 1820 g/mol. The molecule has 26 nitrogen and oxygen atoms in total. The molecule has 0 amide bonds. The molecule has 20 heterocycles. The standard InChI is InChI=1S/2C25H20N4O.2C22H22N4O.C21H21N5O.5CH4/c1-16-12-13-19-20-10-6-15-27-25(20)30-23(19)22(16)29-17(2)28(18-8-4-3-5-9-18)24-21(29)11-7-14-26-24;1-16-12-13-19-20-10-6-15-27-25(20)30-23(19)22(16)29-17(2)28(18-8-4-3-5-9-18)21-11-7-14-26-24(21)29;1-13(2)25-15(4)26(18-8-6-11-23-21(18)25)19-14(3)9-10-16-17-7-5-12-24-22(17)27-20(16)19;1-13(2)25-15(4)26(21-18(25)8-6-11-23-21)19-14(3)9-10-16-17-7-5-12-24-22(17)27-20(16)19;1-12(2)25-14(4)26(20-19(25)22-10-11-23-20)17-13(3)7-8-15-16-6-5-9-24-21(16)27-18(15)17;;;;;/h2*3-15,17H,1-2H3;2*5-13,15H,1-4H3;5-12,14H,1-4H3;5*1H4. The molecular formula is C120H125N21O5. The molecule has 7 aromatic carbocycles. The number of hydrogen-bond acceptors (Lipinski definition) is 26. The van der Waals surface area contributed by atoms with Gasteiger partial charge in [-0.15, -0.1) is 0 Å². The lowest BCUT2D eigenvalue weighted by atomic mass is 10.1. The first-order chi connectivity index (χ1) is 68.7. The lowest BCUT2D eigenvalue weighted by Crippen LogP contribution is -2.42. The van der Waals surface area contributed by atoms with Gasteiger partial charge in [-0.25, -0.2) is 54.8 Å². The Hall–Kier alpha value is -17.0. The number of benzene rings is 7. The van der Waals surface area contributed by atoms with Crippen LogP contribution >= 0.6 is 0 Å². The summed E-state index contributed by atoms with van der Waals surface area (Å²) in [6.07, 6.45) is 20.2. The Balaban J connectivity index is 0.000000119. The van der Waals surface area contributed by atoms with E-state index in [1.54, 1.807) is 43.4 Å². The van der Waals surface area contributed by atoms with Crippen molar-refractivity contribution in [2.45, 2.75) is 197 Å². The predicted octanol–water partition coefficient (Wildman–Crippen LogP) is 31.4. The summed E-state index contributed by atoms with van der Waals surface area (Å²) in [6.45, 7) is 34.9. The number of aromatic nitrogens is 11. The van der Waals surface area contributed by atoms with E-state index in [9.17, 15) is 0 Å². The van der Waals surface area contributed by atoms with Crippen molar-refractivity contribution in [1.29, 1.82) is 0 Å². The van der Waals surface area contributed by atoms with Gasteiger partial charge in [0.25, 0.3) is 0 Å². The predicted molar refractivity (Wildman–Crippen MR) is 602 cm³/mol. The van der Waals surface area contributed by atoms with Gasteiger partial charge in [-0.2, -0.15) is 0 Å². The van der Waals surface area contributed by atoms with E-state index in [-0.39, 0.29) is 68.0 Å². The summed E-state index contributed by atoms with van der Waals surface area (Å²) in [5, 5.41) is 10.6. The van der Waals surface area contributed by atoms with Gasteiger partial charge >= 0.3 is 0 Å². The van der Waals surface area contributed by atoms with Crippen molar-refractivity contribution >= 4 is 208 Å². The minimum absolute atomic E-state index is 0. The third-order valence-corrected chi connectivity index (χ3v) is 27.9. The fourth-order valence-electron chi connectivity index (χ4n) is 21.9. The van der Waals surface area contributed by atoms with Gasteiger partial charge in [-0.1, -0.05) is 134 Å². The molecule has 0 saturated heterocycles. The Labute approximate surface area is 851 Å². The Morgan fingerprint density at radius 1 is 0.199 bits per heavy atom. The maximum absolute atomic E-state index is 6.29. The van der Waals surface area contributed by atoms with Crippen LogP contribution in [0.1, 0.15) is 141 Å². The molecule has 0 fully saturated rings. The lowest BCUT2D eigenvalue weighted by Gasteiger charge is -2.33. The Kier molecular flexibility index (Phi) is 27.0. The molecule has 0 saturated carbocycles. The van der Waals surface area contributed by atoms with Gasteiger partial charge in [0.2, 0.25) is 28.6 Å². The topological polar surface area (TPSA) is 240 Å². The van der Waals surface area contributed by atoms with E-state index in [1.807, 2.05) is 91.5 Å². The highest BCUT2D eigenvalue weighted by Crippen LogP contribution is 2.56. The maximum atomic E-state index is 6.29. The van der Waals surface area contributed by atoms with E-state index >= 15 is 0 Å². The molecule has 15 aromatic heterocycles. The van der Waals surface area contributed by atoms with Crippen LogP contribution in [0.4, 0.5) is 97.5 Å². The van der Waals surface area contributed by atoms with E-state index < -0.39 is 0 Å². The van der Waals surface area contributed by atoms with Crippen LogP contribution in [0.3, 0.4) is 0 Å². The smallest absolute Gasteiger partial charge is 0.227 e. The molecule has 5 aliphatic rings. The number of anilines is 17. The summed E-state index contributed by atoms with van der Waals surface area (Å²) >= 11 is 0. The molecule has 22 aromatic rings. The van der Waals surface area contributed by atoms with Gasteiger partial charge in [0, 0.05) is 152 Å². The molecule has 5 atom stereocenters. The van der Waals surface area contributed by atoms with Crippen molar-refractivity contribution < 1.29 is 22.1 Å². The van der Waals surface area contributed by atoms with Crippen LogP contribution in [0.25, 0.3) is 110 Å². The third-order valence-electron chi connectivity index (χ3n) is 27.9. The average molecular weight is 1940 g/mol. The monoisotopic (exact) mass is 1940 g/mol. The van der Waals surface area contributed by atoms with Gasteiger partial charge in [-0.3, -0.25) is 9.80 Å². The molecule has 740 valence electrons. The molecule has 0 spiro atoms. The molecule has 26 heteroatoms. The Morgan fingerprint density at radius 2 is 0.438 bits per heavy atom. The number of rotatable bonds is 10. The number of aryl methyl sites for hydroxylation is 5. The molecule has 27 rings (SSSR count). The summed E-state index contributed by atoms with van der Waals surface area (Å²) in [5.74, 6) is 5.64. The van der Waals surface area contributed by atoms with Gasteiger partial charge in [0.1, 0.15) is 30.8 Å². The fourth-order valence-corrected chi connectivity index (χ4v) is 21.9. The van der Waals surface area contributed by atoms with Crippen molar-refractivity contribution in [2.24, 2.45) is 0 Å². The van der Waals surface area contributed by atoms with Crippen LogP contribution in [0, 0.1) is 34.6 Å².